The zero-order chi connectivity index (χ0) is 9.68. The molecule has 1 N–H and O–H groups in total. The summed E-state index contributed by atoms with van der Waals surface area (Å²) in [6.45, 7) is 0. The number of hydrogen-bond acceptors (Lipinski definition) is 3. The molecule has 1 aromatic rings. The van der Waals surface area contributed by atoms with Crippen LogP contribution in [0, 0.1) is 5.41 Å². The summed E-state index contributed by atoms with van der Waals surface area (Å²) < 4.78 is 4.72. The van der Waals surface area contributed by atoms with Gasteiger partial charge in [0.1, 0.15) is 0 Å². The third kappa shape index (κ3) is 2.21. The number of hydrogen-bond donors (Lipinski definition) is 1. The summed E-state index contributed by atoms with van der Waals surface area (Å²) >= 11 is 0. The second kappa shape index (κ2) is 4.13. The van der Waals surface area contributed by atoms with Crippen LogP contribution in [-0.2, 0) is 4.74 Å². The zero-order valence-electron chi connectivity index (χ0n) is 7.06. The van der Waals surface area contributed by atoms with Gasteiger partial charge in [-0.2, -0.15) is 0 Å². The lowest BCUT2D eigenvalue weighted by molar-refractivity contribution is 0.401. The Bertz CT molecular complexity index is 351. The monoisotopic (exact) mass is 176 g/mol. The lowest BCUT2D eigenvalue weighted by Gasteiger charge is -2.01. The number of rotatable bonds is 2. The summed E-state index contributed by atoms with van der Waals surface area (Å²) in [5.74, 6) is 0.0903. The molecule has 0 aliphatic heterocycles. The quantitative estimate of drug-likeness (QED) is 0.242. The first kappa shape index (κ1) is 9.09. The third-order valence-corrected chi connectivity index (χ3v) is 1.49. The molecule has 0 aliphatic rings. The molecule has 0 spiro atoms. The second-order valence-corrected chi connectivity index (χ2v) is 2.27. The van der Waals surface area contributed by atoms with Crippen LogP contribution in [-0.4, -0.2) is 13.0 Å². The SMILES string of the molecule is COC(=N)c1ccc(N=[N+]=[N-])cc1. The topological polar surface area (TPSA) is 81.8 Å². The van der Waals surface area contributed by atoms with E-state index in [-0.39, 0.29) is 5.90 Å². The van der Waals surface area contributed by atoms with Crippen molar-refractivity contribution in [1.82, 2.24) is 0 Å². The Labute approximate surface area is 75.1 Å². The van der Waals surface area contributed by atoms with Gasteiger partial charge in [0.15, 0.2) is 0 Å². The maximum atomic E-state index is 8.14. The standard InChI is InChI=1S/C8H8N4O/c1-13-8(9)6-2-4-7(5-3-6)11-12-10/h2-5,9H,1H3. The van der Waals surface area contributed by atoms with Crippen LogP contribution in [0.4, 0.5) is 5.69 Å². The van der Waals surface area contributed by atoms with Gasteiger partial charge in [0.25, 0.3) is 0 Å². The highest BCUT2D eigenvalue weighted by molar-refractivity contribution is 5.91. The molecule has 1 rings (SSSR count). The molecule has 1 aromatic carbocycles. The lowest BCUT2D eigenvalue weighted by Crippen LogP contribution is -1.99. The first-order valence-corrected chi connectivity index (χ1v) is 3.56. The van der Waals surface area contributed by atoms with Crippen LogP contribution in [0.2, 0.25) is 0 Å². The van der Waals surface area contributed by atoms with Gasteiger partial charge in [-0.05, 0) is 17.7 Å². The van der Waals surface area contributed by atoms with Gasteiger partial charge in [-0.1, -0.05) is 17.2 Å². The molecule has 66 valence electrons. The van der Waals surface area contributed by atoms with Crippen molar-refractivity contribution in [3.63, 3.8) is 0 Å². The Balaban J connectivity index is 2.93. The lowest BCUT2D eigenvalue weighted by atomic mass is 10.2. The van der Waals surface area contributed by atoms with Crippen molar-refractivity contribution in [3.8, 4) is 0 Å². The second-order valence-electron chi connectivity index (χ2n) is 2.27. The van der Waals surface area contributed by atoms with Crippen LogP contribution in [0.15, 0.2) is 29.4 Å². The van der Waals surface area contributed by atoms with Crippen molar-refractivity contribution >= 4 is 11.6 Å². The van der Waals surface area contributed by atoms with Gasteiger partial charge in [-0.15, -0.1) is 0 Å². The Kier molecular flexibility index (Phi) is 2.89. The number of azide groups is 1. The molecule has 0 aliphatic carbocycles. The fourth-order valence-electron chi connectivity index (χ4n) is 0.849. The van der Waals surface area contributed by atoms with Crippen molar-refractivity contribution in [3.05, 3.63) is 40.3 Å². The molecular weight excluding hydrogens is 168 g/mol. The van der Waals surface area contributed by atoms with Gasteiger partial charge in [-0.3, -0.25) is 5.41 Å². The fourth-order valence-corrected chi connectivity index (χ4v) is 0.849. The zero-order valence-corrected chi connectivity index (χ0v) is 7.06. The first-order valence-electron chi connectivity index (χ1n) is 3.56. The molecule has 5 nitrogen and oxygen atoms in total. The molecule has 0 atom stereocenters. The molecule has 0 saturated carbocycles. The minimum absolute atomic E-state index is 0.0903. The van der Waals surface area contributed by atoms with E-state index in [1.165, 1.54) is 7.11 Å². The van der Waals surface area contributed by atoms with E-state index >= 15 is 0 Å². The van der Waals surface area contributed by atoms with E-state index in [0.29, 0.717) is 11.3 Å². The Morgan fingerprint density at radius 1 is 1.46 bits per heavy atom. The van der Waals surface area contributed by atoms with E-state index in [1.807, 2.05) is 0 Å². The Morgan fingerprint density at radius 3 is 2.54 bits per heavy atom. The van der Waals surface area contributed by atoms with Crippen molar-refractivity contribution in [2.75, 3.05) is 7.11 Å². The van der Waals surface area contributed by atoms with E-state index < -0.39 is 0 Å². The van der Waals surface area contributed by atoms with Crippen LogP contribution in [0.3, 0.4) is 0 Å². The molecule has 0 aromatic heterocycles. The van der Waals surface area contributed by atoms with Crippen molar-refractivity contribution in [2.24, 2.45) is 5.11 Å². The van der Waals surface area contributed by atoms with Gasteiger partial charge in [0.05, 0.1) is 7.11 Å². The molecule has 13 heavy (non-hydrogen) atoms. The number of methoxy groups -OCH3 is 1. The number of nitrogens with zero attached hydrogens (tertiary/aromatic N) is 3. The highest BCUT2D eigenvalue weighted by atomic mass is 16.5. The third-order valence-electron chi connectivity index (χ3n) is 1.49. The van der Waals surface area contributed by atoms with E-state index in [0.717, 1.165) is 0 Å². The van der Waals surface area contributed by atoms with Crippen molar-refractivity contribution in [1.29, 1.82) is 5.41 Å². The number of ether oxygens (including phenoxy) is 1. The van der Waals surface area contributed by atoms with E-state index in [2.05, 4.69) is 10.0 Å². The highest BCUT2D eigenvalue weighted by Gasteiger charge is 1.98. The molecule has 0 radical (unpaired) electrons. The molecule has 0 amide bonds. The van der Waals surface area contributed by atoms with Crippen LogP contribution in [0.25, 0.3) is 10.4 Å². The van der Waals surface area contributed by atoms with Crippen molar-refractivity contribution < 1.29 is 4.74 Å². The average molecular weight is 176 g/mol. The van der Waals surface area contributed by atoms with Gasteiger partial charge in [0, 0.05) is 16.2 Å². The summed E-state index contributed by atoms with van der Waals surface area (Å²) in [6, 6.07) is 6.58. The van der Waals surface area contributed by atoms with Gasteiger partial charge >= 0.3 is 0 Å². The summed E-state index contributed by atoms with van der Waals surface area (Å²) in [5.41, 5.74) is 9.31. The normalized spacial score (nSPS) is 8.69. The highest BCUT2D eigenvalue weighted by Crippen LogP contribution is 2.13. The summed E-state index contributed by atoms with van der Waals surface area (Å²) in [4.78, 5) is 2.64. The van der Waals surface area contributed by atoms with Crippen LogP contribution < -0.4 is 0 Å². The largest absolute Gasteiger partial charge is 0.481 e. The smallest absolute Gasteiger partial charge is 0.212 e. The minimum atomic E-state index is 0.0903. The summed E-state index contributed by atoms with van der Waals surface area (Å²) in [6.07, 6.45) is 0. The maximum Gasteiger partial charge on any atom is 0.212 e. The molecule has 0 saturated heterocycles. The average Bonchev–Trinajstić information content (AvgIpc) is 2.18. The number of nitrogens with one attached hydrogen (secondary N) is 1. The van der Waals surface area contributed by atoms with Crippen molar-refractivity contribution in [2.45, 2.75) is 0 Å². The van der Waals surface area contributed by atoms with Gasteiger partial charge < -0.3 is 4.74 Å². The predicted molar refractivity (Wildman–Crippen MR) is 49.1 cm³/mol. The van der Waals surface area contributed by atoms with Crippen LogP contribution >= 0.6 is 0 Å². The molecule has 5 heteroatoms. The summed E-state index contributed by atoms with van der Waals surface area (Å²) in [7, 11) is 1.43. The van der Waals surface area contributed by atoms with E-state index in [1.54, 1.807) is 24.3 Å². The first-order chi connectivity index (χ1) is 6.27. The van der Waals surface area contributed by atoms with Crippen LogP contribution in [0.1, 0.15) is 5.56 Å². The maximum absolute atomic E-state index is 8.14. The van der Waals surface area contributed by atoms with E-state index in [9.17, 15) is 0 Å². The predicted octanol–water partition coefficient (Wildman–Crippen LogP) is 2.60. The Hall–Kier alpha value is -2.00. The molecule has 0 fully saturated rings. The molecule has 0 unspecified atom stereocenters. The van der Waals surface area contributed by atoms with Crippen LogP contribution in [0.5, 0.6) is 0 Å². The molecule has 0 heterocycles. The molecular formula is C8H8N4O. The fraction of sp³-hybridized carbons (Fsp3) is 0.125. The Morgan fingerprint density at radius 2 is 2.08 bits per heavy atom. The summed E-state index contributed by atoms with van der Waals surface area (Å²) in [5, 5.41) is 10.7. The molecule has 0 bridgehead atoms. The number of benzene rings is 1. The van der Waals surface area contributed by atoms with Gasteiger partial charge in [0.2, 0.25) is 5.90 Å². The van der Waals surface area contributed by atoms with E-state index in [4.69, 9.17) is 15.7 Å². The van der Waals surface area contributed by atoms with Gasteiger partial charge in [-0.25, -0.2) is 0 Å². The minimum Gasteiger partial charge on any atom is -0.481 e.